The molecule has 0 aromatic heterocycles. The van der Waals surface area contributed by atoms with E-state index in [-0.39, 0.29) is 23.1 Å². The molecule has 136 valence electrons. The van der Waals surface area contributed by atoms with E-state index in [9.17, 15) is 19.3 Å². The van der Waals surface area contributed by atoms with Crippen molar-refractivity contribution in [2.45, 2.75) is 31.8 Å². The molecule has 7 heteroatoms. The van der Waals surface area contributed by atoms with E-state index in [1.54, 1.807) is 12.1 Å². The van der Waals surface area contributed by atoms with Crippen molar-refractivity contribution in [2.75, 3.05) is 6.54 Å². The van der Waals surface area contributed by atoms with Crippen molar-refractivity contribution in [1.29, 1.82) is 0 Å². The number of nitro benzene ring substituents is 1. The third-order valence-corrected chi connectivity index (χ3v) is 4.80. The Balaban J connectivity index is 1.79. The highest BCUT2D eigenvalue weighted by molar-refractivity contribution is 5.93. The maximum atomic E-state index is 13.4. The van der Waals surface area contributed by atoms with Crippen LogP contribution in [0.15, 0.2) is 42.5 Å². The average molecular weight is 357 g/mol. The van der Waals surface area contributed by atoms with Gasteiger partial charge in [0.2, 0.25) is 5.91 Å². The summed E-state index contributed by atoms with van der Waals surface area (Å²) in [7, 11) is 0. The normalized spacial score (nSPS) is 17.3. The number of primary amides is 1. The van der Waals surface area contributed by atoms with E-state index in [0.717, 1.165) is 24.9 Å². The highest BCUT2D eigenvalue weighted by atomic mass is 19.1. The standard InChI is InChI=1S/C19H20FN3O3/c20-16-4-1-3-13(9-16)10-17-5-2-8-22(17)12-15-7-6-14(19(21)24)11-18(15)23(25)26/h1,3-4,6-7,9,11,17H,2,5,8,10,12H2,(H2,21,24)/t17-/m0/s1. The first-order chi connectivity index (χ1) is 12.4. The van der Waals surface area contributed by atoms with Gasteiger partial charge in [0.1, 0.15) is 5.82 Å². The van der Waals surface area contributed by atoms with Crippen LogP contribution in [0.1, 0.15) is 34.3 Å². The molecule has 0 radical (unpaired) electrons. The number of hydrogen-bond acceptors (Lipinski definition) is 4. The van der Waals surface area contributed by atoms with Crippen LogP contribution >= 0.6 is 0 Å². The van der Waals surface area contributed by atoms with Gasteiger partial charge in [-0.25, -0.2) is 4.39 Å². The zero-order chi connectivity index (χ0) is 18.7. The fraction of sp³-hybridized carbons (Fsp3) is 0.316. The third-order valence-electron chi connectivity index (χ3n) is 4.80. The second-order valence-corrected chi connectivity index (χ2v) is 6.57. The average Bonchev–Trinajstić information content (AvgIpc) is 3.01. The van der Waals surface area contributed by atoms with Crippen molar-refractivity contribution >= 4 is 11.6 Å². The molecule has 1 atom stereocenters. The Morgan fingerprint density at radius 2 is 2.12 bits per heavy atom. The summed E-state index contributed by atoms with van der Waals surface area (Å²) in [6, 6.07) is 11.1. The largest absolute Gasteiger partial charge is 0.366 e. The molecule has 0 bridgehead atoms. The molecular formula is C19H20FN3O3. The summed E-state index contributed by atoms with van der Waals surface area (Å²) in [6.07, 6.45) is 2.65. The maximum Gasteiger partial charge on any atom is 0.274 e. The Kier molecular flexibility index (Phi) is 5.27. The first-order valence-corrected chi connectivity index (χ1v) is 8.49. The van der Waals surface area contributed by atoms with E-state index in [2.05, 4.69) is 4.90 Å². The Morgan fingerprint density at radius 3 is 2.81 bits per heavy atom. The van der Waals surface area contributed by atoms with Crippen LogP contribution in [-0.2, 0) is 13.0 Å². The minimum atomic E-state index is -0.690. The van der Waals surface area contributed by atoms with E-state index in [0.29, 0.717) is 18.5 Å². The Labute approximate surface area is 150 Å². The van der Waals surface area contributed by atoms with Crippen molar-refractivity contribution in [3.8, 4) is 0 Å². The van der Waals surface area contributed by atoms with Crippen LogP contribution in [0.2, 0.25) is 0 Å². The van der Waals surface area contributed by atoms with E-state index in [1.807, 2.05) is 6.07 Å². The summed E-state index contributed by atoms with van der Waals surface area (Å²) in [6.45, 7) is 1.24. The molecule has 0 aliphatic carbocycles. The molecule has 3 rings (SSSR count). The summed E-state index contributed by atoms with van der Waals surface area (Å²) in [5.41, 5.74) is 6.70. The molecule has 0 spiro atoms. The number of benzene rings is 2. The Hall–Kier alpha value is -2.80. The summed E-state index contributed by atoms with van der Waals surface area (Å²) < 4.78 is 13.4. The molecule has 6 nitrogen and oxygen atoms in total. The molecule has 1 saturated heterocycles. The maximum absolute atomic E-state index is 13.4. The Morgan fingerprint density at radius 1 is 1.31 bits per heavy atom. The van der Waals surface area contributed by atoms with Crippen LogP contribution in [0.25, 0.3) is 0 Å². The molecule has 26 heavy (non-hydrogen) atoms. The predicted molar refractivity (Wildman–Crippen MR) is 95.2 cm³/mol. The fourth-order valence-corrected chi connectivity index (χ4v) is 3.51. The fourth-order valence-electron chi connectivity index (χ4n) is 3.51. The van der Waals surface area contributed by atoms with Crippen molar-refractivity contribution < 1.29 is 14.1 Å². The van der Waals surface area contributed by atoms with Crippen LogP contribution in [0.4, 0.5) is 10.1 Å². The smallest absolute Gasteiger partial charge is 0.274 e. The number of hydrogen-bond donors (Lipinski definition) is 1. The molecular weight excluding hydrogens is 337 g/mol. The van der Waals surface area contributed by atoms with Gasteiger partial charge in [-0.05, 0) is 49.6 Å². The lowest BCUT2D eigenvalue weighted by Gasteiger charge is -2.24. The lowest BCUT2D eigenvalue weighted by Crippen LogP contribution is -2.31. The van der Waals surface area contributed by atoms with Crippen LogP contribution in [-0.4, -0.2) is 28.3 Å². The number of nitro groups is 1. The highest BCUT2D eigenvalue weighted by Crippen LogP contribution is 2.27. The zero-order valence-electron chi connectivity index (χ0n) is 14.2. The van der Waals surface area contributed by atoms with Gasteiger partial charge in [-0.15, -0.1) is 0 Å². The van der Waals surface area contributed by atoms with Crippen LogP contribution in [0, 0.1) is 15.9 Å². The quantitative estimate of drug-likeness (QED) is 0.636. The molecule has 1 amide bonds. The molecule has 1 aliphatic heterocycles. The minimum absolute atomic E-state index is 0.0993. The summed E-state index contributed by atoms with van der Waals surface area (Å²) >= 11 is 0. The van der Waals surface area contributed by atoms with Gasteiger partial charge >= 0.3 is 0 Å². The highest BCUT2D eigenvalue weighted by Gasteiger charge is 2.27. The van der Waals surface area contributed by atoms with Gasteiger partial charge in [-0.3, -0.25) is 19.8 Å². The number of halogens is 1. The van der Waals surface area contributed by atoms with Crippen LogP contribution in [0.3, 0.4) is 0 Å². The number of likely N-dealkylation sites (tertiary alicyclic amines) is 1. The van der Waals surface area contributed by atoms with Gasteiger partial charge in [-0.1, -0.05) is 18.2 Å². The summed E-state index contributed by atoms with van der Waals surface area (Å²) in [5.74, 6) is -0.950. The molecule has 2 aromatic carbocycles. The van der Waals surface area contributed by atoms with Gasteiger partial charge in [0.15, 0.2) is 0 Å². The molecule has 0 saturated carbocycles. The lowest BCUT2D eigenvalue weighted by molar-refractivity contribution is -0.385. The number of nitrogens with zero attached hydrogens (tertiary/aromatic N) is 2. The zero-order valence-corrected chi connectivity index (χ0v) is 14.2. The second kappa shape index (κ2) is 7.61. The number of amides is 1. The molecule has 2 aromatic rings. The lowest BCUT2D eigenvalue weighted by atomic mass is 10.0. The number of carbonyl (C=O) groups is 1. The van der Waals surface area contributed by atoms with E-state index in [4.69, 9.17) is 5.73 Å². The molecule has 1 heterocycles. The molecule has 0 unspecified atom stereocenters. The first-order valence-electron chi connectivity index (χ1n) is 8.49. The minimum Gasteiger partial charge on any atom is -0.366 e. The first kappa shape index (κ1) is 18.0. The van der Waals surface area contributed by atoms with E-state index < -0.39 is 10.8 Å². The predicted octanol–water partition coefficient (Wildman–Crippen LogP) is 3.04. The van der Waals surface area contributed by atoms with Gasteiger partial charge in [0, 0.05) is 29.8 Å². The van der Waals surface area contributed by atoms with Crippen LogP contribution < -0.4 is 5.73 Å². The van der Waals surface area contributed by atoms with E-state index >= 15 is 0 Å². The monoisotopic (exact) mass is 357 g/mol. The molecule has 1 aliphatic rings. The topological polar surface area (TPSA) is 89.5 Å². The molecule has 1 fully saturated rings. The van der Waals surface area contributed by atoms with Gasteiger partial charge in [0.05, 0.1) is 4.92 Å². The summed E-state index contributed by atoms with van der Waals surface area (Å²) in [5, 5.41) is 11.4. The van der Waals surface area contributed by atoms with Crippen molar-refractivity contribution in [2.24, 2.45) is 5.73 Å². The SMILES string of the molecule is NC(=O)c1ccc(CN2CCC[C@H]2Cc2cccc(F)c2)c([N+](=O)[O-])c1. The summed E-state index contributed by atoms with van der Waals surface area (Å²) in [4.78, 5) is 24.3. The van der Waals surface area contributed by atoms with Crippen molar-refractivity contribution in [1.82, 2.24) is 4.90 Å². The van der Waals surface area contributed by atoms with Gasteiger partial charge in [0.25, 0.3) is 5.69 Å². The van der Waals surface area contributed by atoms with Crippen molar-refractivity contribution in [3.63, 3.8) is 0 Å². The van der Waals surface area contributed by atoms with Crippen molar-refractivity contribution in [3.05, 3.63) is 75.1 Å². The second-order valence-electron chi connectivity index (χ2n) is 6.57. The number of nitrogens with two attached hydrogens (primary N) is 1. The van der Waals surface area contributed by atoms with E-state index in [1.165, 1.54) is 24.3 Å². The third kappa shape index (κ3) is 4.05. The van der Waals surface area contributed by atoms with Crippen LogP contribution in [0.5, 0.6) is 0 Å². The van der Waals surface area contributed by atoms with Gasteiger partial charge < -0.3 is 5.73 Å². The number of carbonyl (C=O) groups excluding carboxylic acids is 1. The number of rotatable bonds is 6. The van der Waals surface area contributed by atoms with Gasteiger partial charge in [-0.2, -0.15) is 0 Å². The molecule has 2 N–H and O–H groups in total. The Bertz CT molecular complexity index is 841.